The first-order valence-electron chi connectivity index (χ1n) is 7.74. The average Bonchev–Trinajstić information content (AvgIpc) is 2.90. The van der Waals surface area contributed by atoms with Crippen LogP contribution in [0.2, 0.25) is 0 Å². The first kappa shape index (κ1) is 19.2. The largest absolute Gasteiger partial charge is 0.369 e. The van der Waals surface area contributed by atoms with Crippen LogP contribution in [0.3, 0.4) is 0 Å². The highest BCUT2D eigenvalue weighted by Crippen LogP contribution is 2.23. The maximum Gasteiger partial charge on any atom is 0.324 e. The van der Waals surface area contributed by atoms with Gasteiger partial charge in [-0.2, -0.15) is 0 Å². The summed E-state index contributed by atoms with van der Waals surface area (Å²) in [5.41, 5.74) is 3.02. The number of nitrogens with zero attached hydrogens (tertiary/aromatic N) is 3. The summed E-state index contributed by atoms with van der Waals surface area (Å²) >= 11 is 16.8. The van der Waals surface area contributed by atoms with Gasteiger partial charge in [0.15, 0.2) is 0 Å². The molecule has 0 saturated heterocycles. The van der Waals surface area contributed by atoms with Crippen LogP contribution in [0.15, 0.2) is 18.2 Å². The molecule has 0 saturated carbocycles. The van der Waals surface area contributed by atoms with Crippen molar-refractivity contribution >= 4 is 57.8 Å². The molecule has 24 heavy (non-hydrogen) atoms. The third-order valence-electron chi connectivity index (χ3n) is 3.90. The standard InChI is InChI=1S/C16H20Cl3N3O2/c1-21-14-6-5-12(22(9-7-17)10-8-18)11-13(14)20-15(21)3-2-4-16(23)24-19/h5-6,11H,2-4,7-10H2,1H3. The van der Waals surface area contributed by atoms with Gasteiger partial charge in [0.2, 0.25) is 0 Å². The number of hydrogen-bond acceptors (Lipinski definition) is 4. The van der Waals surface area contributed by atoms with Gasteiger partial charge in [0.05, 0.1) is 11.0 Å². The molecule has 0 fully saturated rings. The predicted molar refractivity (Wildman–Crippen MR) is 99.3 cm³/mol. The number of imidazole rings is 1. The molecule has 8 heteroatoms. The molecule has 0 aliphatic heterocycles. The van der Waals surface area contributed by atoms with Crippen molar-refractivity contribution in [1.82, 2.24) is 9.55 Å². The summed E-state index contributed by atoms with van der Waals surface area (Å²) in [5, 5.41) is 0. The molecule has 0 bridgehead atoms. The number of alkyl halides is 2. The van der Waals surface area contributed by atoms with E-state index in [0.29, 0.717) is 24.6 Å². The fourth-order valence-electron chi connectivity index (χ4n) is 2.66. The number of anilines is 1. The Bertz CT molecular complexity index is 685. The van der Waals surface area contributed by atoms with E-state index < -0.39 is 5.97 Å². The molecule has 0 aliphatic carbocycles. The molecule has 0 amide bonds. The Balaban J connectivity index is 2.18. The molecule has 132 valence electrons. The third-order valence-corrected chi connectivity index (χ3v) is 4.41. The summed E-state index contributed by atoms with van der Waals surface area (Å²) in [5.74, 6) is 1.58. The van der Waals surface area contributed by atoms with Gasteiger partial charge in [-0.1, -0.05) is 0 Å². The zero-order valence-electron chi connectivity index (χ0n) is 13.5. The molecule has 2 rings (SSSR count). The number of hydrogen-bond donors (Lipinski definition) is 0. The van der Waals surface area contributed by atoms with Gasteiger partial charge < -0.3 is 13.8 Å². The molecule has 1 aromatic heterocycles. The number of aromatic nitrogens is 2. The fraction of sp³-hybridized carbons (Fsp3) is 0.500. The van der Waals surface area contributed by atoms with E-state index in [-0.39, 0.29) is 6.42 Å². The molecular weight excluding hydrogens is 373 g/mol. The van der Waals surface area contributed by atoms with E-state index in [2.05, 4.69) is 20.2 Å². The van der Waals surface area contributed by atoms with Crippen molar-refractivity contribution in [1.29, 1.82) is 0 Å². The van der Waals surface area contributed by atoms with Crippen molar-refractivity contribution in [2.75, 3.05) is 29.7 Å². The summed E-state index contributed by atoms with van der Waals surface area (Å²) < 4.78 is 6.18. The maximum atomic E-state index is 11.1. The van der Waals surface area contributed by atoms with Gasteiger partial charge in [-0.15, -0.1) is 23.2 Å². The highest BCUT2D eigenvalue weighted by atomic mass is 35.5. The van der Waals surface area contributed by atoms with Crippen LogP contribution in [0.1, 0.15) is 18.7 Å². The van der Waals surface area contributed by atoms with Gasteiger partial charge in [0.25, 0.3) is 0 Å². The van der Waals surface area contributed by atoms with Crippen molar-refractivity contribution in [3.8, 4) is 0 Å². The Morgan fingerprint density at radius 2 is 2.00 bits per heavy atom. The van der Waals surface area contributed by atoms with Crippen LogP contribution in [-0.4, -0.2) is 40.4 Å². The maximum absolute atomic E-state index is 11.1. The number of carbonyl (C=O) groups excluding carboxylic acids is 1. The van der Waals surface area contributed by atoms with Crippen LogP contribution in [0.5, 0.6) is 0 Å². The zero-order valence-corrected chi connectivity index (χ0v) is 15.7. The van der Waals surface area contributed by atoms with Gasteiger partial charge in [-0.3, -0.25) is 4.79 Å². The van der Waals surface area contributed by atoms with E-state index in [4.69, 9.17) is 35.1 Å². The minimum absolute atomic E-state index is 0.275. The molecule has 0 unspecified atom stereocenters. The molecule has 2 aromatic rings. The average molecular weight is 393 g/mol. The summed E-state index contributed by atoms with van der Waals surface area (Å²) in [6.07, 6.45) is 1.59. The number of rotatable bonds is 9. The number of carbonyl (C=O) groups is 1. The van der Waals surface area contributed by atoms with Crippen LogP contribution >= 0.6 is 35.1 Å². The summed E-state index contributed by atoms with van der Waals surface area (Å²) in [6.45, 7) is 1.47. The smallest absolute Gasteiger partial charge is 0.324 e. The molecule has 1 heterocycles. The van der Waals surface area contributed by atoms with E-state index in [1.807, 2.05) is 23.7 Å². The quantitative estimate of drug-likeness (QED) is 0.608. The first-order chi connectivity index (χ1) is 11.6. The van der Waals surface area contributed by atoms with E-state index >= 15 is 0 Å². The fourth-order valence-corrected chi connectivity index (χ4v) is 3.15. The second kappa shape index (κ2) is 9.35. The molecular formula is C16H20Cl3N3O2. The Hall–Kier alpha value is -1.17. The first-order valence-corrected chi connectivity index (χ1v) is 9.12. The lowest BCUT2D eigenvalue weighted by Crippen LogP contribution is -2.27. The summed E-state index contributed by atoms with van der Waals surface area (Å²) in [4.78, 5) is 17.9. The van der Waals surface area contributed by atoms with Gasteiger partial charge in [-0.25, -0.2) is 4.98 Å². The van der Waals surface area contributed by atoms with Crippen molar-refractivity contribution < 1.29 is 9.08 Å². The molecule has 5 nitrogen and oxygen atoms in total. The zero-order chi connectivity index (χ0) is 17.5. The lowest BCUT2D eigenvalue weighted by molar-refractivity contribution is -0.134. The van der Waals surface area contributed by atoms with Crippen LogP contribution in [0, 0.1) is 0 Å². The SMILES string of the molecule is Cn1c(CCCC(=O)OCl)nc2cc(N(CCCl)CCCl)ccc21. The second-order valence-electron chi connectivity index (χ2n) is 5.43. The highest BCUT2D eigenvalue weighted by molar-refractivity contribution is 6.18. The Morgan fingerprint density at radius 3 is 2.62 bits per heavy atom. The molecule has 0 spiro atoms. The molecule has 0 aliphatic rings. The van der Waals surface area contributed by atoms with Crippen LogP contribution in [0.25, 0.3) is 11.0 Å². The predicted octanol–water partition coefficient (Wildman–Crippen LogP) is 3.88. The number of fused-ring (bicyclic) bond motifs is 1. The Morgan fingerprint density at radius 1 is 1.29 bits per heavy atom. The van der Waals surface area contributed by atoms with Crippen LogP contribution in [-0.2, 0) is 22.6 Å². The van der Waals surface area contributed by atoms with Crippen molar-refractivity contribution in [2.24, 2.45) is 7.05 Å². The topological polar surface area (TPSA) is 47.4 Å². The van der Waals surface area contributed by atoms with Crippen LogP contribution < -0.4 is 4.90 Å². The van der Waals surface area contributed by atoms with Crippen molar-refractivity contribution in [3.63, 3.8) is 0 Å². The molecule has 0 atom stereocenters. The number of aryl methyl sites for hydroxylation is 2. The third kappa shape index (κ3) is 4.68. The van der Waals surface area contributed by atoms with Gasteiger partial charge in [0.1, 0.15) is 17.7 Å². The number of halogens is 3. The van der Waals surface area contributed by atoms with E-state index in [1.165, 1.54) is 0 Å². The summed E-state index contributed by atoms with van der Waals surface area (Å²) in [6, 6.07) is 6.15. The van der Waals surface area contributed by atoms with Crippen molar-refractivity contribution in [3.05, 3.63) is 24.0 Å². The Labute approximate surface area is 156 Å². The molecule has 1 aromatic carbocycles. The van der Waals surface area contributed by atoms with Gasteiger partial charge in [0, 0.05) is 50.4 Å². The van der Waals surface area contributed by atoms with E-state index in [9.17, 15) is 4.79 Å². The highest BCUT2D eigenvalue weighted by Gasteiger charge is 2.12. The Kier molecular flexibility index (Phi) is 7.46. The normalized spacial score (nSPS) is 11.0. The van der Waals surface area contributed by atoms with Gasteiger partial charge >= 0.3 is 5.97 Å². The number of benzene rings is 1. The van der Waals surface area contributed by atoms with E-state index in [1.54, 1.807) is 0 Å². The van der Waals surface area contributed by atoms with E-state index in [0.717, 1.165) is 35.6 Å². The molecule has 0 N–H and O–H groups in total. The second-order valence-corrected chi connectivity index (χ2v) is 6.34. The van der Waals surface area contributed by atoms with Crippen molar-refractivity contribution in [2.45, 2.75) is 19.3 Å². The van der Waals surface area contributed by atoms with Gasteiger partial charge in [-0.05, 0) is 24.6 Å². The van der Waals surface area contributed by atoms with Crippen LogP contribution in [0.4, 0.5) is 5.69 Å². The monoisotopic (exact) mass is 391 g/mol. The minimum Gasteiger partial charge on any atom is -0.369 e. The minimum atomic E-state index is -0.421. The lowest BCUT2D eigenvalue weighted by atomic mass is 10.2. The summed E-state index contributed by atoms with van der Waals surface area (Å²) in [7, 11) is 1.97. The lowest BCUT2D eigenvalue weighted by Gasteiger charge is -2.22. The molecule has 0 radical (unpaired) electrons.